The van der Waals surface area contributed by atoms with Crippen molar-refractivity contribution in [1.29, 1.82) is 0 Å². The molecule has 1 saturated carbocycles. The first-order valence-electron chi connectivity index (χ1n) is 6.41. The molecule has 1 unspecified atom stereocenters. The molecule has 104 valence electrons. The van der Waals surface area contributed by atoms with Crippen molar-refractivity contribution in [2.75, 3.05) is 13.7 Å². The van der Waals surface area contributed by atoms with Crippen LogP contribution in [0.1, 0.15) is 29.6 Å². The number of rotatable bonds is 6. The molecule has 0 heterocycles. The maximum Gasteiger partial charge on any atom is 0.254 e. The Labute approximate surface area is 111 Å². The Balaban J connectivity index is 2.10. The number of ether oxygens (including phenoxy) is 1. The number of carbonyl (C=O) groups is 1. The minimum Gasteiger partial charge on any atom is -0.494 e. The predicted octanol–water partition coefficient (Wildman–Crippen LogP) is 1.73. The van der Waals surface area contributed by atoms with Crippen molar-refractivity contribution >= 4 is 5.91 Å². The van der Waals surface area contributed by atoms with Crippen LogP contribution in [0.4, 0.5) is 4.39 Å². The molecule has 0 radical (unpaired) electrons. The van der Waals surface area contributed by atoms with Crippen LogP contribution in [0.3, 0.4) is 0 Å². The summed E-state index contributed by atoms with van der Waals surface area (Å²) in [6.07, 6.45) is 2.60. The average molecular weight is 267 g/mol. The fraction of sp³-hybridized carbons (Fsp3) is 0.500. The Morgan fingerprint density at radius 1 is 1.58 bits per heavy atom. The van der Waals surface area contributed by atoms with Crippen LogP contribution in [-0.2, 0) is 0 Å². The lowest BCUT2D eigenvalue weighted by atomic mass is 10.1. The van der Waals surface area contributed by atoms with E-state index in [4.69, 9.17) is 9.84 Å². The van der Waals surface area contributed by atoms with Crippen molar-refractivity contribution in [3.63, 3.8) is 0 Å². The van der Waals surface area contributed by atoms with Gasteiger partial charge in [0.2, 0.25) is 0 Å². The van der Waals surface area contributed by atoms with E-state index in [2.05, 4.69) is 5.32 Å². The van der Waals surface area contributed by atoms with Gasteiger partial charge in [0.15, 0.2) is 11.6 Å². The topological polar surface area (TPSA) is 58.6 Å². The second kappa shape index (κ2) is 6.02. The third-order valence-electron chi connectivity index (χ3n) is 3.38. The van der Waals surface area contributed by atoms with Crippen molar-refractivity contribution in [2.24, 2.45) is 5.92 Å². The van der Waals surface area contributed by atoms with E-state index >= 15 is 0 Å². The molecule has 2 N–H and O–H groups in total. The summed E-state index contributed by atoms with van der Waals surface area (Å²) in [5, 5.41) is 11.8. The summed E-state index contributed by atoms with van der Waals surface area (Å²) >= 11 is 0. The Hall–Kier alpha value is -1.62. The van der Waals surface area contributed by atoms with Crippen molar-refractivity contribution in [2.45, 2.75) is 25.3 Å². The molecule has 1 aliphatic rings. The van der Waals surface area contributed by atoms with E-state index in [-0.39, 0.29) is 24.0 Å². The number of carbonyl (C=O) groups excluding carboxylic acids is 1. The smallest absolute Gasteiger partial charge is 0.254 e. The van der Waals surface area contributed by atoms with E-state index in [9.17, 15) is 9.18 Å². The van der Waals surface area contributed by atoms with Gasteiger partial charge in [0.25, 0.3) is 5.91 Å². The van der Waals surface area contributed by atoms with Gasteiger partial charge in [-0.3, -0.25) is 4.79 Å². The summed E-state index contributed by atoms with van der Waals surface area (Å²) in [6, 6.07) is 4.40. The summed E-state index contributed by atoms with van der Waals surface area (Å²) in [7, 11) is 1.36. The molecule has 5 heteroatoms. The number of nitrogens with one attached hydrogen (secondary N) is 1. The van der Waals surface area contributed by atoms with Crippen LogP contribution in [0.5, 0.6) is 5.75 Å². The highest BCUT2D eigenvalue weighted by Gasteiger charge is 2.32. The molecule has 19 heavy (non-hydrogen) atoms. The molecule has 1 aromatic rings. The minimum atomic E-state index is -0.652. The minimum absolute atomic E-state index is 0.0159. The first-order valence-corrected chi connectivity index (χ1v) is 6.41. The molecule has 1 aromatic carbocycles. The van der Waals surface area contributed by atoms with Gasteiger partial charge in [-0.2, -0.15) is 0 Å². The molecule has 0 aromatic heterocycles. The van der Waals surface area contributed by atoms with Crippen molar-refractivity contribution in [3.05, 3.63) is 29.6 Å². The normalized spacial score (nSPS) is 15.9. The molecule has 1 atom stereocenters. The zero-order valence-electron chi connectivity index (χ0n) is 10.9. The van der Waals surface area contributed by atoms with E-state index in [1.807, 2.05) is 0 Å². The fourth-order valence-electron chi connectivity index (χ4n) is 2.15. The van der Waals surface area contributed by atoms with Crippen molar-refractivity contribution < 1.29 is 19.0 Å². The SMILES string of the molecule is COc1cccc(C(=O)NC(CCO)C2CC2)c1F. The van der Waals surface area contributed by atoms with E-state index in [0.29, 0.717) is 12.3 Å². The lowest BCUT2D eigenvalue weighted by molar-refractivity contribution is 0.0919. The molecule has 0 saturated heterocycles. The van der Waals surface area contributed by atoms with Crippen LogP contribution in [-0.4, -0.2) is 30.8 Å². The van der Waals surface area contributed by atoms with Gasteiger partial charge in [-0.25, -0.2) is 4.39 Å². The average Bonchev–Trinajstić information content (AvgIpc) is 3.22. The lowest BCUT2D eigenvalue weighted by Crippen LogP contribution is -2.37. The molecule has 0 bridgehead atoms. The molecule has 1 aliphatic carbocycles. The number of benzene rings is 1. The zero-order valence-corrected chi connectivity index (χ0v) is 10.9. The van der Waals surface area contributed by atoms with Gasteiger partial charge in [0, 0.05) is 12.6 Å². The maximum atomic E-state index is 13.9. The zero-order chi connectivity index (χ0) is 13.8. The van der Waals surface area contributed by atoms with Crippen LogP contribution in [0.2, 0.25) is 0 Å². The number of aliphatic hydroxyl groups is 1. The van der Waals surface area contributed by atoms with Gasteiger partial charge >= 0.3 is 0 Å². The Morgan fingerprint density at radius 2 is 2.32 bits per heavy atom. The van der Waals surface area contributed by atoms with Gasteiger partial charge < -0.3 is 15.2 Å². The van der Waals surface area contributed by atoms with Crippen molar-refractivity contribution in [1.82, 2.24) is 5.32 Å². The molecule has 1 fully saturated rings. The molecular formula is C14H18FNO3. The number of halogens is 1. The van der Waals surface area contributed by atoms with Crippen LogP contribution in [0.15, 0.2) is 18.2 Å². The highest BCUT2D eigenvalue weighted by molar-refractivity contribution is 5.95. The van der Waals surface area contributed by atoms with Gasteiger partial charge in [0.05, 0.1) is 12.7 Å². The van der Waals surface area contributed by atoms with Gasteiger partial charge in [0.1, 0.15) is 0 Å². The summed E-state index contributed by atoms with van der Waals surface area (Å²) in [5.74, 6) is -0.648. The second-order valence-electron chi connectivity index (χ2n) is 4.75. The van der Waals surface area contributed by atoms with Crippen LogP contribution in [0.25, 0.3) is 0 Å². The Morgan fingerprint density at radius 3 is 2.89 bits per heavy atom. The first kappa shape index (κ1) is 13.8. The molecule has 0 aliphatic heterocycles. The Bertz CT molecular complexity index is 460. The monoisotopic (exact) mass is 267 g/mol. The molecule has 0 spiro atoms. The van der Waals surface area contributed by atoms with E-state index in [1.54, 1.807) is 6.07 Å². The number of hydrogen-bond acceptors (Lipinski definition) is 3. The molecule has 2 rings (SSSR count). The summed E-state index contributed by atoms with van der Waals surface area (Å²) in [5.41, 5.74) is -0.0251. The molecule has 1 amide bonds. The lowest BCUT2D eigenvalue weighted by Gasteiger charge is -2.17. The number of methoxy groups -OCH3 is 1. The molecule has 4 nitrogen and oxygen atoms in total. The highest BCUT2D eigenvalue weighted by Crippen LogP contribution is 2.34. The summed E-state index contributed by atoms with van der Waals surface area (Å²) < 4.78 is 18.8. The van der Waals surface area contributed by atoms with Gasteiger partial charge in [-0.1, -0.05) is 6.07 Å². The Kier molecular flexibility index (Phi) is 4.37. The van der Waals surface area contributed by atoms with Gasteiger partial charge in [-0.15, -0.1) is 0 Å². The fourth-order valence-corrected chi connectivity index (χ4v) is 2.15. The highest BCUT2D eigenvalue weighted by atomic mass is 19.1. The number of hydrogen-bond donors (Lipinski definition) is 2. The third-order valence-corrected chi connectivity index (χ3v) is 3.38. The van der Waals surface area contributed by atoms with Crippen LogP contribution >= 0.6 is 0 Å². The first-order chi connectivity index (χ1) is 9.17. The van der Waals surface area contributed by atoms with E-state index in [0.717, 1.165) is 12.8 Å². The predicted molar refractivity (Wildman–Crippen MR) is 68.6 cm³/mol. The standard InChI is InChI=1S/C14H18FNO3/c1-19-12-4-2-3-10(13(12)15)14(18)16-11(7-8-17)9-5-6-9/h2-4,9,11,17H,5-8H2,1H3,(H,16,18). The van der Waals surface area contributed by atoms with E-state index in [1.165, 1.54) is 19.2 Å². The summed E-state index contributed by atoms with van der Waals surface area (Å²) in [4.78, 5) is 12.1. The summed E-state index contributed by atoms with van der Waals surface area (Å²) in [6.45, 7) is 0.0159. The van der Waals surface area contributed by atoms with Crippen molar-refractivity contribution in [3.8, 4) is 5.75 Å². The maximum absolute atomic E-state index is 13.9. The van der Waals surface area contributed by atoms with E-state index < -0.39 is 11.7 Å². The third kappa shape index (κ3) is 3.23. The van der Waals surface area contributed by atoms with Crippen LogP contribution in [0, 0.1) is 11.7 Å². The van der Waals surface area contributed by atoms with Crippen LogP contribution < -0.4 is 10.1 Å². The quantitative estimate of drug-likeness (QED) is 0.825. The van der Waals surface area contributed by atoms with Gasteiger partial charge in [-0.05, 0) is 37.3 Å². The number of aliphatic hydroxyl groups excluding tert-OH is 1. The molecular weight excluding hydrogens is 249 g/mol. The number of amides is 1. The second-order valence-corrected chi connectivity index (χ2v) is 4.75. The largest absolute Gasteiger partial charge is 0.494 e.